The van der Waals surface area contributed by atoms with Gasteiger partial charge in [0.25, 0.3) is 0 Å². The third-order valence-electron chi connectivity index (χ3n) is 6.09. The predicted molar refractivity (Wildman–Crippen MR) is 132 cm³/mol. The van der Waals surface area contributed by atoms with E-state index in [4.69, 9.17) is 4.99 Å². The molecule has 0 atom stereocenters. The van der Waals surface area contributed by atoms with Gasteiger partial charge in [-0.05, 0) is 46.2 Å². The van der Waals surface area contributed by atoms with Crippen LogP contribution in [0.4, 0.5) is 0 Å². The molecule has 1 amide bonds. The Morgan fingerprint density at radius 1 is 1.07 bits per heavy atom. The van der Waals surface area contributed by atoms with E-state index in [2.05, 4.69) is 34.4 Å². The molecule has 0 spiro atoms. The van der Waals surface area contributed by atoms with Gasteiger partial charge in [-0.1, -0.05) is 12.8 Å². The van der Waals surface area contributed by atoms with Crippen molar-refractivity contribution in [1.29, 1.82) is 0 Å². The van der Waals surface area contributed by atoms with Crippen LogP contribution < -0.4 is 10.6 Å². The van der Waals surface area contributed by atoms with Crippen molar-refractivity contribution in [2.24, 2.45) is 10.4 Å². The van der Waals surface area contributed by atoms with Crippen LogP contribution in [0.15, 0.2) is 4.99 Å². The molecule has 0 aromatic heterocycles. The predicted octanol–water partition coefficient (Wildman–Crippen LogP) is 1.84. The van der Waals surface area contributed by atoms with Gasteiger partial charge in [-0.3, -0.25) is 9.79 Å². The normalized spacial score (nSPS) is 20.2. The van der Waals surface area contributed by atoms with Crippen molar-refractivity contribution in [2.75, 3.05) is 73.5 Å². The number of amides is 1. The number of nitrogens with zero attached hydrogens (tertiary/aromatic N) is 4. The fraction of sp³-hybridized carbons (Fsp3) is 0.905. The number of unbranched alkanes of at least 4 members (excludes halogenated alkanes) is 1. The van der Waals surface area contributed by atoms with Gasteiger partial charge in [-0.2, -0.15) is 0 Å². The van der Waals surface area contributed by atoms with E-state index >= 15 is 0 Å². The van der Waals surface area contributed by atoms with Crippen molar-refractivity contribution < 1.29 is 4.79 Å². The lowest BCUT2D eigenvalue weighted by Gasteiger charge is -2.32. The van der Waals surface area contributed by atoms with Gasteiger partial charge in [0.05, 0.1) is 12.0 Å². The Kier molecular flexibility index (Phi) is 12.4. The lowest BCUT2D eigenvalue weighted by molar-refractivity contribution is -0.138. The summed E-state index contributed by atoms with van der Waals surface area (Å²) in [4.78, 5) is 24.2. The SMILES string of the molecule is CCNC(=NCC1(C(=O)N(C)C)CCCC1)NCCCCN1CCN(C)CC1.I. The fourth-order valence-corrected chi connectivity index (χ4v) is 4.28. The van der Waals surface area contributed by atoms with Crippen molar-refractivity contribution in [2.45, 2.75) is 45.4 Å². The minimum absolute atomic E-state index is 0. The molecule has 2 fully saturated rings. The van der Waals surface area contributed by atoms with E-state index in [0.29, 0.717) is 6.54 Å². The second-order valence-corrected chi connectivity index (χ2v) is 8.66. The average Bonchev–Trinajstić information content (AvgIpc) is 3.16. The van der Waals surface area contributed by atoms with Crippen LogP contribution in [0.1, 0.15) is 45.4 Å². The molecule has 29 heavy (non-hydrogen) atoms. The number of nitrogens with one attached hydrogen (secondary N) is 2. The van der Waals surface area contributed by atoms with E-state index in [0.717, 1.165) is 51.2 Å². The molecular weight excluding hydrogens is 479 g/mol. The molecule has 2 rings (SSSR count). The number of aliphatic imine (C=N–C) groups is 1. The number of rotatable bonds is 9. The molecule has 1 heterocycles. The highest BCUT2D eigenvalue weighted by atomic mass is 127. The summed E-state index contributed by atoms with van der Waals surface area (Å²) in [6.07, 6.45) is 6.52. The van der Waals surface area contributed by atoms with Crippen molar-refractivity contribution in [3.05, 3.63) is 0 Å². The second-order valence-electron chi connectivity index (χ2n) is 8.66. The molecule has 0 aromatic carbocycles. The van der Waals surface area contributed by atoms with Gasteiger partial charge in [0.2, 0.25) is 5.91 Å². The number of carbonyl (C=O) groups excluding carboxylic acids is 1. The zero-order valence-electron chi connectivity index (χ0n) is 19.0. The maximum atomic E-state index is 12.7. The Bertz CT molecular complexity index is 499. The fourth-order valence-electron chi connectivity index (χ4n) is 4.28. The Labute approximate surface area is 195 Å². The Balaban J connectivity index is 0.00000420. The number of hydrogen-bond acceptors (Lipinski definition) is 4. The molecule has 1 aliphatic heterocycles. The zero-order chi connectivity index (χ0) is 20.4. The summed E-state index contributed by atoms with van der Waals surface area (Å²) in [6, 6.07) is 0. The summed E-state index contributed by atoms with van der Waals surface area (Å²) in [5.41, 5.74) is -0.298. The Morgan fingerprint density at radius 2 is 1.72 bits per heavy atom. The maximum Gasteiger partial charge on any atom is 0.230 e. The molecule has 0 bridgehead atoms. The van der Waals surface area contributed by atoms with Gasteiger partial charge >= 0.3 is 0 Å². The summed E-state index contributed by atoms with van der Waals surface area (Å²) in [7, 11) is 5.91. The van der Waals surface area contributed by atoms with E-state index in [9.17, 15) is 4.79 Å². The third kappa shape index (κ3) is 8.57. The van der Waals surface area contributed by atoms with Gasteiger partial charge < -0.3 is 25.3 Å². The highest BCUT2D eigenvalue weighted by Gasteiger charge is 2.42. The van der Waals surface area contributed by atoms with Gasteiger partial charge in [0.15, 0.2) is 5.96 Å². The first-order chi connectivity index (χ1) is 13.5. The molecule has 2 aliphatic rings. The highest BCUT2D eigenvalue weighted by molar-refractivity contribution is 14.0. The van der Waals surface area contributed by atoms with Crippen LogP contribution >= 0.6 is 24.0 Å². The number of piperazine rings is 1. The van der Waals surface area contributed by atoms with Crippen molar-refractivity contribution >= 4 is 35.8 Å². The molecule has 0 radical (unpaired) electrons. The largest absolute Gasteiger partial charge is 0.357 e. The second kappa shape index (κ2) is 13.6. The highest BCUT2D eigenvalue weighted by Crippen LogP contribution is 2.39. The first-order valence-corrected chi connectivity index (χ1v) is 11.1. The minimum Gasteiger partial charge on any atom is -0.357 e. The standard InChI is InChI=1S/C21H42N6O.HI/c1-5-22-20(23-12-8-9-13-27-16-14-26(4)15-17-27)24-18-21(10-6-7-11-21)19(28)25(2)3;/h5-18H2,1-4H3,(H2,22,23,24);1H. The van der Waals surface area contributed by atoms with Gasteiger partial charge in [0, 0.05) is 53.4 Å². The lowest BCUT2D eigenvalue weighted by Crippen LogP contribution is -2.45. The zero-order valence-corrected chi connectivity index (χ0v) is 21.3. The molecule has 0 aromatic rings. The van der Waals surface area contributed by atoms with Crippen LogP contribution in [0.25, 0.3) is 0 Å². The number of guanidine groups is 1. The summed E-state index contributed by atoms with van der Waals surface area (Å²) in [5.74, 6) is 1.08. The van der Waals surface area contributed by atoms with Crippen molar-refractivity contribution in [3.63, 3.8) is 0 Å². The van der Waals surface area contributed by atoms with E-state index < -0.39 is 0 Å². The van der Waals surface area contributed by atoms with Crippen LogP contribution in [-0.4, -0.2) is 100 Å². The molecular formula is C21H43IN6O. The first-order valence-electron chi connectivity index (χ1n) is 11.1. The number of halogens is 1. The molecule has 7 nitrogen and oxygen atoms in total. The van der Waals surface area contributed by atoms with E-state index in [-0.39, 0.29) is 35.3 Å². The summed E-state index contributed by atoms with van der Waals surface area (Å²) < 4.78 is 0. The monoisotopic (exact) mass is 522 g/mol. The molecule has 2 N–H and O–H groups in total. The van der Waals surface area contributed by atoms with Crippen LogP contribution in [0.5, 0.6) is 0 Å². The van der Waals surface area contributed by atoms with Crippen LogP contribution in [0.3, 0.4) is 0 Å². The summed E-state index contributed by atoms with van der Waals surface area (Å²) >= 11 is 0. The molecule has 0 unspecified atom stereocenters. The number of hydrogen-bond donors (Lipinski definition) is 2. The summed E-state index contributed by atoms with van der Waals surface area (Å²) in [6.45, 7) is 10.4. The number of likely N-dealkylation sites (N-methyl/N-ethyl adjacent to an activating group) is 1. The van der Waals surface area contributed by atoms with Gasteiger partial charge in [-0.25, -0.2) is 0 Å². The van der Waals surface area contributed by atoms with Crippen molar-refractivity contribution in [1.82, 2.24) is 25.3 Å². The van der Waals surface area contributed by atoms with Crippen LogP contribution in [-0.2, 0) is 4.79 Å². The Morgan fingerprint density at radius 3 is 2.31 bits per heavy atom. The van der Waals surface area contributed by atoms with E-state index in [1.807, 2.05) is 14.1 Å². The molecule has 170 valence electrons. The van der Waals surface area contributed by atoms with Crippen LogP contribution in [0.2, 0.25) is 0 Å². The van der Waals surface area contributed by atoms with Crippen molar-refractivity contribution in [3.8, 4) is 0 Å². The van der Waals surface area contributed by atoms with Gasteiger partial charge in [0.1, 0.15) is 0 Å². The van der Waals surface area contributed by atoms with Crippen LogP contribution in [0, 0.1) is 5.41 Å². The number of carbonyl (C=O) groups is 1. The van der Waals surface area contributed by atoms with Gasteiger partial charge in [-0.15, -0.1) is 24.0 Å². The topological polar surface area (TPSA) is 63.2 Å². The third-order valence-corrected chi connectivity index (χ3v) is 6.09. The maximum absolute atomic E-state index is 12.7. The molecule has 1 saturated carbocycles. The minimum atomic E-state index is -0.298. The molecule has 1 saturated heterocycles. The molecule has 8 heteroatoms. The van der Waals surface area contributed by atoms with E-state index in [1.54, 1.807) is 4.90 Å². The summed E-state index contributed by atoms with van der Waals surface area (Å²) in [5, 5.41) is 6.80. The lowest BCUT2D eigenvalue weighted by atomic mass is 9.85. The van der Waals surface area contributed by atoms with E-state index in [1.165, 1.54) is 39.1 Å². The Hall–Kier alpha value is -0.610. The quantitative estimate of drug-likeness (QED) is 0.210. The first kappa shape index (κ1) is 26.4. The average molecular weight is 523 g/mol. The molecule has 1 aliphatic carbocycles. The smallest absolute Gasteiger partial charge is 0.230 e.